The van der Waals surface area contributed by atoms with Gasteiger partial charge in [-0.2, -0.15) is 0 Å². The predicted molar refractivity (Wildman–Crippen MR) is 438 cm³/mol. The van der Waals surface area contributed by atoms with Gasteiger partial charge >= 0.3 is 23.9 Å². The molecule has 116 heavy (non-hydrogen) atoms. The Morgan fingerprint density at radius 2 is 0.491 bits per heavy atom. The molecule has 16 saturated carbocycles. The fourth-order valence-corrected chi connectivity index (χ4v) is 32.5. The number of carbonyl (C=O) groups excluding carboxylic acids is 4. The molecule has 0 unspecified atom stereocenters. The van der Waals surface area contributed by atoms with Crippen molar-refractivity contribution in [1.82, 2.24) is 0 Å². The minimum absolute atomic E-state index is 0.0848. The largest absolute Gasteiger partial charge is 0.748 e. The first-order valence-corrected chi connectivity index (χ1v) is 48.2. The molecule has 6 aromatic rings. The lowest BCUT2D eigenvalue weighted by Gasteiger charge is -2.56. The van der Waals surface area contributed by atoms with Gasteiger partial charge in [-0.25, -0.2) is 16.8 Å². The van der Waals surface area contributed by atoms with Crippen LogP contribution in [-0.4, -0.2) is 88.5 Å². The molecular formula is C94H114O18S4. The Balaban J connectivity index is 0.000000156. The summed E-state index contributed by atoms with van der Waals surface area (Å²) < 4.78 is 106. The van der Waals surface area contributed by atoms with Crippen LogP contribution in [0.3, 0.4) is 0 Å². The molecule has 0 amide bonds. The van der Waals surface area contributed by atoms with E-state index in [0.717, 1.165) is 136 Å². The van der Waals surface area contributed by atoms with E-state index in [2.05, 4.69) is 100 Å². The van der Waals surface area contributed by atoms with Crippen molar-refractivity contribution in [3.8, 4) is 23.0 Å². The van der Waals surface area contributed by atoms with Gasteiger partial charge in [-0.1, -0.05) is 60.7 Å². The van der Waals surface area contributed by atoms with E-state index >= 15 is 0 Å². The number of esters is 4. The molecule has 0 radical (unpaired) electrons. The van der Waals surface area contributed by atoms with E-state index in [0.29, 0.717) is 25.7 Å². The molecular weight excluding hydrogens is 1550 g/mol. The van der Waals surface area contributed by atoms with E-state index in [9.17, 15) is 45.1 Å². The van der Waals surface area contributed by atoms with Crippen molar-refractivity contribution in [3.63, 3.8) is 0 Å². The highest BCUT2D eigenvalue weighted by atomic mass is 32.2. The maximum absolute atomic E-state index is 13.1. The molecule has 16 aliphatic carbocycles. The fraction of sp³-hybridized carbons (Fsp3) is 0.574. The first kappa shape index (κ1) is 82.6. The minimum Gasteiger partial charge on any atom is -0.748 e. The van der Waals surface area contributed by atoms with Crippen LogP contribution in [0.25, 0.3) is 0 Å². The smallest absolute Gasteiger partial charge is 0.309 e. The summed E-state index contributed by atoms with van der Waals surface area (Å²) in [6.45, 7) is 8.01. The summed E-state index contributed by atoms with van der Waals surface area (Å²) in [5, 5.41) is 0. The normalized spacial score (nSPS) is 30.7. The van der Waals surface area contributed by atoms with Crippen molar-refractivity contribution in [2.75, 3.05) is 38.7 Å². The van der Waals surface area contributed by atoms with Crippen LogP contribution < -0.4 is 18.9 Å². The van der Waals surface area contributed by atoms with Gasteiger partial charge in [0.25, 0.3) is 0 Å². The topological polar surface area (TPSA) is 257 Å². The zero-order chi connectivity index (χ0) is 80.7. The van der Waals surface area contributed by atoms with Crippen molar-refractivity contribution in [2.45, 2.75) is 237 Å². The van der Waals surface area contributed by atoms with Crippen molar-refractivity contribution in [1.29, 1.82) is 0 Å². The molecule has 16 fully saturated rings. The average Bonchev–Trinajstić information content (AvgIpc) is 0.764. The van der Waals surface area contributed by atoms with Crippen LogP contribution in [0, 0.1) is 120 Å². The second-order valence-corrected chi connectivity index (χ2v) is 44.7. The van der Waals surface area contributed by atoms with Crippen molar-refractivity contribution in [2.24, 2.45) is 92.7 Å². The average molecular weight is 1660 g/mol. The zero-order valence-electron chi connectivity index (χ0n) is 67.7. The highest BCUT2D eigenvalue weighted by molar-refractivity contribution is 7.97. The summed E-state index contributed by atoms with van der Waals surface area (Å²) >= 11 is 0. The van der Waals surface area contributed by atoms with Gasteiger partial charge in [0, 0.05) is 22.3 Å². The minimum atomic E-state index is -4.59. The van der Waals surface area contributed by atoms with Gasteiger partial charge in [-0.15, -0.1) is 0 Å². The third kappa shape index (κ3) is 19.5. The van der Waals surface area contributed by atoms with Crippen molar-refractivity contribution in [3.05, 3.63) is 156 Å². The van der Waals surface area contributed by atoms with Gasteiger partial charge in [-0.3, -0.25) is 19.2 Å². The molecule has 0 N–H and O–H groups in total. The Labute approximate surface area is 691 Å². The number of ether oxygens (including phenoxy) is 8. The first-order valence-electron chi connectivity index (χ1n) is 42.6. The van der Waals surface area contributed by atoms with Gasteiger partial charge in [0.2, 0.25) is 27.2 Å². The number of hydrogen-bond donors (Lipinski definition) is 0. The predicted octanol–water partition coefficient (Wildman–Crippen LogP) is 18.8. The lowest BCUT2D eigenvalue weighted by molar-refractivity contribution is -0.159. The molecule has 0 aromatic heterocycles. The number of carbonyl (C=O) groups is 4. The van der Waals surface area contributed by atoms with Crippen LogP contribution in [0.4, 0.5) is 0 Å². The molecule has 22 heteroatoms. The van der Waals surface area contributed by atoms with Crippen LogP contribution >= 0.6 is 0 Å². The molecule has 0 saturated heterocycles. The van der Waals surface area contributed by atoms with E-state index in [4.69, 9.17) is 37.9 Å². The molecule has 18 nitrogen and oxygen atoms in total. The second-order valence-electron chi connectivity index (χ2n) is 37.8. The third-order valence-corrected chi connectivity index (χ3v) is 35.5. The molecule has 0 spiro atoms. The van der Waals surface area contributed by atoms with Crippen LogP contribution in [0.15, 0.2) is 163 Å². The monoisotopic (exact) mass is 1660 g/mol. The SMILES string of the molecule is Cc1c(OCOC(=O)CC23CC4CC(CC(C4)C2)C3)cccc1[S+](c1ccccc1)c1cccc(OCOC(=O)CC23CC4CC(CC(C4)C2)C3)c1C.Cc1c(OCOC(=O)CC23CC4CC(CC(C4)C2)C3)cccc1[S+](c1ccccc1)c1cccc(OCOC(=O)CC23CC4CC(CC(C4)C2)C3)c1C.O=S(=O)([O-])CCS(=O)(=O)[O-]. The van der Waals surface area contributed by atoms with Gasteiger partial charge in [-0.05, 0) is 347 Å². The highest BCUT2D eigenvalue weighted by Gasteiger charge is 2.56. The van der Waals surface area contributed by atoms with Gasteiger partial charge in [0.05, 0.1) is 57.4 Å². The Bertz CT molecular complexity index is 4130. The van der Waals surface area contributed by atoms with E-state index in [1.54, 1.807) is 0 Å². The summed E-state index contributed by atoms with van der Waals surface area (Å²) in [5.74, 6) is 9.75. The summed E-state index contributed by atoms with van der Waals surface area (Å²) in [6, 6.07) is 45.7. The van der Waals surface area contributed by atoms with Gasteiger partial charge in [0.15, 0.2) is 29.4 Å². The van der Waals surface area contributed by atoms with Gasteiger partial charge in [0.1, 0.15) is 44.8 Å². The van der Waals surface area contributed by atoms with E-state index in [1.807, 2.05) is 60.7 Å². The Morgan fingerprint density at radius 3 is 0.672 bits per heavy atom. The summed E-state index contributed by atoms with van der Waals surface area (Å²) in [4.78, 5) is 59.4. The maximum Gasteiger partial charge on any atom is 0.309 e. The molecule has 16 bridgehead atoms. The van der Waals surface area contributed by atoms with Crippen molar-refractivity contribution < 1.29 is 83.0 Å². The van der Waals surface area contributed by atoms with E-state index in [1.165, 1.54) is 164 Å². The Morgan fingerprint density at radius 1 is 0.302 bits per heavy atom. The molecule has 16 aliphatic rings. The summed E-state index contributed by atoms with van der Waals surface area (Å²) in [6.07, 6.45) is 32.8. The number of hydrogen-bond acceptors (Lipinski definition) is 18. The summed E-state index contributed by atoms with van der Waals surface area (Å²) in [5.41, 5.74) is 4.66. The molecule has 6 aromatic carbocycles. The molecule has 0 atom stereocenters. The lowest BCUT2D eigenvalue weighted by atomic mass is 9.49. The molecule has 0 aliphatic heterocycles. The van der Waals surface area contributed by atoms with Crippen LogP contribution in [0.5, 0.6) is 23.0 Å². The first-order chi connectivity index (χ1) is 55.6. The zero-order valence-corrected chi connectivity index (χ0v) is 70.9. The lowest BCUT2D eigenvalue weighted by Crippen LogP contribution is -2.47. The van der Waals surface area contributed by atoms with Crippen LogP contribution in [0.2, 0.25) is 0 Å². The molecule has 622 valence electrons. The van der Waals surface area contributed by atoms with E-state index in [-0.39, 0.29) is 72.7 Å². The second kappa shape index (κ2) is 34.6. The standard InChI is InChI=1S/2C46H55O6S.C2H6O6S2/c2*1-30-39(49-28-51-43(47)26-45-20-32-14-33(21-45)16-34(15-32)22-45)10-6-12-41(30)53(38-8-4-3-5-9-38)42-13-7-11-40(31(42)2)50-29-52-44(48)27-46-23-35-17-36(24-46)19-37(18-35)25-46;3-9(4,5)1-2-10(6,7)8/h2*3-13,32-37H,14-29H2,1-2H3;1-2H2,(H,3,4,5)(H,6,7,8)/q2*+1;/p-2. The number of benzene rings is 6. The maximum atomic E-state index is 13.1. The van der Waals surface area contributed by atoms with E-state index < -0.39 is 53.5 Å². The van der Waals surface area contributed by atoms with Gasteiger partial charge < -0.3 is 47.0 Å². The van der Waals surface area contributed by atoms with Crippen LogP contribution in [-0.2, 0) is 80.2 Å². The molecule has 22 rings (SSSR count). The quantitative estimate of drug-likeness (QED) is 0.0139. The Kier molecular flexibility index (Phi) is 24.6. The number of rotatable bonds is 29. The fourth-order valence-electron chi connectivity index (χ4n) is 26.0. The summed E-state index contributed by atoms with van der Waals surface area (Å²) in [7, 11) is -10.1. The molecule has 0 heterocycles. The third-order valence-electron chi connectivity index (χ3n) is 28.8. The van der Waals surface area contributed by atoms with Crippen molar-refractivity contribution >= 4 is 65.9 Å². The Hall–Kier alpha value is -7.08. The highest BCUT2D eigenvalue weighted by Crippen LogP contribution is 2.65. The van der Waals surface area contributed by atoms with Crippen LogP contribution in [0.1, 0.15) is 202 Å².